The molecule has 0 radical (unpaired) electrons. The Morgan fingerprint density at radius 3 is 2.65 bits per heavy atom. The van der Waals surface area contributed by atoms with Crippen molar-refractivity contribution in [3.8, 4) is 0 Å². The molecule has 2 heteroatoms. The Morgan fingerprint density at radius 2 is 1.90 bits per heavy atom. The highest BCUT2D eigenvalue weighted by atomic mass is 16.5. The molecular formula is C18H26O2. The number of hydrogen-bond donors (Lipinski definition) is 0. The lowest BCUT2D eigenvalue weighted by Gasteiger charge is -2.23. The SMILES string of the molecule is CCCCO[C@H]1C=C[C@@H](C)[C@@H]1COCc1ccccc1. The van der Waals surface area contributed by atoms with E-state index >= 15 is 0 Å². The van der Waals surface area contributed by atoms with Gasteiger partial charge in [-0.2, -0.15) is 0 Å². The highest BCUT2D eigenvalue weighted by Gasteiger charge is 2.29. The normalized spacial score (nSPS) is 25.2. The van der Waals surface area contributed by atoms with Crippen LogP contribution in [0.5, 0.6) is 0 Å². The fourth-order valence-electron chi connectivity index (χ4n) is 2.55. The summed E-state index contributed by atoms with van der Waals surface area (Å²) >= 11 is 0. The van der Waals surface area contributed by atoms with Crippen LogP contribution in [-0.2, 0) is 16.1 Å². The van der Waals surface area contributed by atoms with Crippen LogP contribution in [0, 0.1) is 11.8 Å². The van der Waals surface area contributed by atoms with Gasteiger partial charge in [-0.1, -0.05) is 62.8 Å². The zero-order valence-electron chi connectivity index (χ0n) is 12.6. The number of unbranched alkanes of at least 4 members (excludes halogenated alkanes) is 1. The number of hydrogen-bond acceptors (Lipinski definition) is 2. The molecule has 0 spiro atoms. The molecule has 0 unspecified atom stereocenters. The third-order valence-corrected chi connectivity index (χ3v) is 3.93. The second-order valence-corrected chi connectivity index (χ2v) is 5.60. The Labute approximate surface area is 122 Å². The number of ether oxygens (including phenoxy) is 2. The van der Waals surface area contributed by atoms with Crippen LogP contribution in [0.15, 0.2) is 42.5 Å². The molecule has 0 saturated carbocycles. The van der Waals surface area contributed by atoms with Crippen molar-refractivity contribution in [3.63, 3.8) is 0 Å². The molecule has 2 nitrogen and oxygen atoms in total. The lowest BCUT2D eigenvalue weighted by molar-refractivity contribution is -0.00763. The Morgan fingerprint density at radius 1 is 1.10 bits per heavy atom. The van der Waals surface area contributed by atoms with E-state index in [0.717, 1.165) is 19.6 Å². The van der Waals surface area contributed by atoms with Gasteiger partial charge in [0.1, 0.15) is 0 Å². The van der Waals surface area contributed by atoms with Crippen molar-refractivity contribution in [1.82, 2.24) is 0 Å². The van der Waals surface area contributed by atoms with Gasteiger partial charge in [0.25, 0.3) is 0 Å². The minimum atomic E-state index is 0.229. The summed E-state index contributed by atoms with van der Waals surface area (Å²) in [5.41, 5.74) is 1.23. The van der Waals surface area contributed by atoms with Crippen LogP contribution in [0.25, 0.3) is 0 Å². The van der Waals surface area contributed by atoms with E-state index in [0.29, 0.717) is 18.4 Å². The molecule has 0 saturated heterocycles. The summed E-state index contributed by atoms with van der Waals surface area (Å²) in [6.07, 6.45) is 7.01. The zero-order chi connectivity index (χ0) is 14.2. The monoisotopic (exact) mass is 274 g/mol. The number of allylic oxidation sites excluding steroid dienone is 1. The summed E-state index contributed by atoms with van der Waals surface area (Å²) in [6.45, 7) is 6.74. The van der Waals surface area contributed by atoms with Gasteiger partial charge in [0, 0.05) is 12.5 Å². The maximum Gasteiger partial charge on any atom is 0.0811 e. The van der Waals surface area contributed by atoms with Gasteiger partial charge in [0.15, 0.2) is 0 Å². The van der Waals surface area contributed by atoms with Crippen molar-refractivity contribution in [2.24, 2.45) is 11.8 Å². The number of benzene rings is 1. The molecule has 2 rings (SSSR count). The lowest BCUT2D eigenvalue weighted by Crippen LogP contribution is -2.27. The second kappa shape index (κ2) is 8.23. The Hall–Kier alpha value is -1.12. The van der Waals surface area contributed by atoms with Crippen LogP contribution >= 0.6 is 0 Å². The first-order valence-corrected chi connectivity index (χ1v) is 7.73. The summed E-state index contributed by atoms with van der Waals surface area (Å²) < 4.78 is 11.9. The molecule has 0 aromatic heterocycles. The van der Waals surface area contributed by atoms with Crippen molar-refractivity contribution in [2.45, 2.75) is 39.4 Å². The molecule has 1 aliphatic carbocycles. The molecule has 0 N–H and O–H groups in total. The minimum absolute atomic E-state index is 0.229. The van der Waals surface area contributed by atoms with Gasteiger partial charge in [0.05, 0.1) is 19.3 Å². The van der Waals surface area contributed by atoms with E-state index in [2.05, 4.69) is 50.3 Å². The first-order chi connectivity index (χ1) is 9.81. The smallest absolute Gasteiger partial charge is 0.0811 e. The summed E-state index contributed by atoms with van der Waals surface area (Å²) in [6, 6.07) is 10.3. The lowest BCUT2D eigenvalue weighted by atomic mass is 9.96. The van der Waals surface area contributed by atoms with E-state index in [1.54, 1.807) is 0 Å². The molecule has 0 aliphatic heterocycles. The van der Waals surface area contributed by atoms with Gasteiger partial charge in [0.2, 0.25) is 0 Å². The summed E-state index contributed by atoms with van der Waals surface area (Å²) in [5, 5.41) is 0. The van der Waals surface area contributed by atoms with Gasteiger partial charge in [-0.25, -0.2) is 0 Å². The van der Waals surface area contributed by atoms with E-state index in [-0.39, 0.29) is 6.10 Å². The van der Waals surface area contributed by atoms with Crippen LogP contribution in [0.3, 0.4) is 0 Å². The molecule has 1 aromatic carbocycles. The van der Waals surface area contributed by atoms with Crippen molar-refractivity contribution in [3.05, 3.63) is 48.0 Å². The Bertz CT molecular complexity index is 399. The molecule has 0 bridgehead atoms. The summed E-state index contributed by atoms with van der Waals surface area (Å²) in [4.78, 5) is 0. The van der Waals surface area contributed by atoms with E-state index in [9.17, 15) is 0 Å². The predicted octanol–water partition coefficient (Wildman–Crippen LogP) is 4.21. The van der Waals surface area contributed by atoms with Crippen LogP contribution < -0.4 is 0 Å². The first kappa shape index (κ1) is 15.3. The van der Waals surface area contributed by atoms with Gasteiger partial charge < -0.3 is 9.47 Å². The minimum Gasteiger partial charge on any atom is -0.376 e. The molecule has 0 amide bonds. The van der Waals surface area contributed by atoms with Gasteiger partial charge in [-0.05, 0) is 17.9 Å². The zero-order valence-corrected chi connectivity index (χ0v) is 12.6. The van der Waals surface area contributed by atoms with E-state index in [4.69, 9.17) is 9.47 Å². The predicted molar refractivity (Wildman–Crippen MR) is 82.5 cm³/mol. The Balaban J connectivity index is 1.75. The molecule has 110 valence electrons. The molecular weight excluding hydrogens is 248 g/mol. The van der Waals surface area contributed by atoms with Crippen LogP contribution in [-0.4, -0.2) is 19.3 Å². The maximum absolute atomic E-state index is 5.96. The largest absolute Gasteiger partial charge is 0.376 e. The summed E-state index contributed by atoms with van der Waals surface area (Å²) in [5.74, 6) is 0.993. The molecule has 20 heavy (non-hydrogen) atoms. The van der Waals surface area contributed by atoms with E-state index in [1.165, 1.54) is 12.0 Å². The molecule has 0 fully saturated rings. The van der Waals surface area contributed by atoms with Crippen LogP contribution in [0.2, 0.25) is 0 Å². The van der Waals surface area contributed by atoms with E-state index in [1.807, 2.05) is 6.07 Å². The van der Waals surface area contributed by atoms with Gasteiger partial charge in [-0.3, -0.25) is 0 Å². The fraction of sp³-hybridized carbons (Fsp3) is 0.556. The molecule has 1 aliphatic rings. The van der Waals surface area contributed by atoms with E-state index < -0.39 is 0 Å². The van der Waals surface area contributed by atoms with Crippen molar-refractivity contribution in [2.75, 3.05) is 13.2 Å². The summed E-state index contributed by atoms with van der Waals surface area (Å²) in [7, 11) is 0. The van der Waals surface area contributed by atoms with Gasteiger partial charge in [-0.15, -0.1) is 0 Å². The Kier molecular flexibility index (Phi) is 6.28. The maximum atomic E-state index is 5.96. The quantitative estimate of drug-likeness (QED) is 0.522. The topological polar surface area (TPSA) is 18.5 Å². The highest BCUT2D eigenvalue weighted by molar-refractivity contribution is 5.13. The first-order valence-electron chi connectivity index (χ1n) is 7.73. The molecule has 3 atom stereocenters. The highest BCUT2D eigenvalue weighted by Crippen LogP contribution is 2.28. The average Bonchev–Trinajstić information content (AvgIpc) is 2.82. The number of rotatable bonds is 8. The van der Waals surface area contributed by atoms with Crippen LogP contribution in [0.1, 0.15) is 32.3 Å². The fourth-order valence-corrected chi connectivity index (χ4v) is 2.55. The van der Waals surface area contributed by atoms with Crippen molar-refractivity contribution in [1.29, 1.82) is 0 Å². The third-order valence-electron chi connectivity index (χ3n) is 3.93. The standard InChI is InChI=1S/C18H26O2/c1-3-4-12-20-18-11-10-15(2)17(18)14-19-13-16-8-6-5-7-9-16/h5-11,15,17-18H,3-4,12-14H2,1-2H3/t15-,17+,18+/m1/s1. The molecule has 0 heterocycles. The van der Waals surface area contributed by atoms with Crippen molar-refractivity contribution < 1.29 is 9.47 Å². The molecule has 1 aromatic rings. The second-order valence-electron chi connectivity index (χ2n) is 5.60. The third kappa shape index (κ3) is 4.46. The average molecular weight is 274 g/mol. The van der Waals surface area contributed by atoms with Crippen molar-refractivity contribution >= 4 is 0 Å². The van der Waals surface area contributed by atoms with Crippen LogP contribution in [0.4, 0.5) is 0 Å². The van der Waals surface area contributed by atoms with Gasteiger partial charge >= 0.3 is 0 Å².